The van der Waals surface area contributed by atoms with Crippen LogP contribution >= 0.6 is 0 Å². The lowest BCUT2D eigenvalue weighted by Crippen LogP contribution is -2.24. The molecule has 0 aromatic heterocycles. The van der Waals surface area contributed by atoms with Crippen molar-refractivity contribution in [2.75, 3.05) is 13.2 Å². The highest BCUT2D eigenvalue weighted by molar-refractivity contribution is 5.67. The molecule has 0 aliphatic carbocycles. The summed E-state index contributed by atoms with van der Waals surface area (Å²) in [5, 5.41) is 2.49. The normalized spacial score (nSPS) is 10.4. The van der Waals surface area contributed by atoms with Crippen molar-refractivity contribution in [1.82, 2.24) is 5.32 Å². The number of amides is 1. The molecule has 0 radical (unpaired) electrons. The van der Waals surface area contributed by atoms with Gasteiger partial charge in [0.25, 0.3) is 0 Å². The van der Waals surface area contributed by atoms with Gasteiger partial charge in [-0.05, 0) is 29.8 Å². The van der Waals surface area contributed by atoms with Gasteiger partial charge in [-0.25, -0.2) is 4.79 Å². The van der Waals surface area contributed by atoms with Crippen LogP contribution in [0.3, 0.4) is 0 Å². The molecule has 26 heavy (non-hydrogen) atoms. The van der Waals surface area contributed by atoms with Gasteiger partial charge in [0.1, 0.15) is 12.4 Å². The topological polar surface area (TPSA) is 47.6 Å². The molecule has 136 valence electrons. The summed E-state index contributed by atoms with van der Waals surface area (Å²) in [5.41, 5.74) is 1.46. The minimum Gasteiger partial charge on any atom is -0.484 e. The number of rotatable bonds is 5. The van der Waals surface area contributed by atoms with E-state index in [1.54, 1.807) is 0 Å². The summed E-state index contributed by atoms with van der Waals surface area (Å²) in [4.78, 5) is 11.5. The van der Waals surface area contributed by atoms with Crippen molar-refractivity contribution in [3.8, 4) is 17.6 Å². The van der Waals surface area contributed by atoms with Gasteiger partial charge in [0.15, 0.2) is 6.61 Å². The van der Waals surface area contributed by atoms with E-state index in [2.05, 4.69) is 21.9 Å². The fourth-order valence-corrected chi connectivity index (χ4v) is 1.84. The molecule has 0 bridgehead atoms. The Labute approximate surface area is 148 Å². The van der Waals surface area contributed by atoms with Gasteiger partial charge >= 0.3 is 12.3 Å². The third-order valence-corrected chi connectivity index (χ3v) is 3.02. The van der Waals surface area contributed by atoms with Crippen LogP contribution in [0.2, 0.25) is 0 Å². The summed E-state index contributed by atoms with van der Waals surface area (Å²) in [6.45, 7) is -1.09. The van der Waals surface area contributed by atoms with E-state index in [-0.39, 0.29) is 18.9 Å². The highest BCUT2D eigenvalue weighted by Gasteiger charge is 2.28. The first kappa shape index (κ1) is 19.2. The van der Waals surface area contributed by atoms with Crippen LogP contribution in [-0.4, -0.2) is 25.4 Å². The van der Waals surface area contributed by atoms with Gasteiger partial charge in [0, 0.05) is 5.56 Å². The molecule has 0 heterocycles. The number of halogens is 3. The minimum absolute atomic E-state index is 0.0833. The molecule has 0 saturated heterocycles. The van der Waals surface area contributed by atoms with Crippen molar-refractivity contribution in [2.24, 2.45) is 0 Å². The van der Waals surface area contributed by atoms with Gasteiger partial charge in [0.2, 0.25) is 0 Å². The van der Waals surface area contributed by atoms with Gasteiger partial charge in [-0.15, -0.1) is 0 Å². The molecule has 0 spiro atoms. The van der Waals surface area contributed by atoms with Crippen LogP contribution in [-0.2, 0) is 11.3 Å². The summed E-state index contributed by atoms with van der Waals surface area (Å²) in [6, 6.07) is 15.1. The lowest BCUT2D eigenvalue weighted by atomic mass is 10.2. The van der Waals surface area contributed by atoms with Crippen LogP contribution < -0.4 is 10.1 Å². The minimum atomic E-state index is -4.38. The number of carbonyl (C=O) groups is 1. The Bertz CT molecular complexity index is 763. The van der Waals surface area contributed by atoms with Crippen LogP contribution in [0.15, 0.2) is 54.6 Å². The SMILES string of the molecule is O=C(NCC#Cc1ccc(OCC(F)(F)F)cc1)OCc1ccccc1. The maximum atomic E-state index is 12.1. The number of alkyl carbamates (subject to hydrolysis) is 1. The maximum absolute atomic E-state index is 12.1. The Morgan fingerprint density at radius 3 is 2.38 bits per heavy atom. The molecule has 1 amide bonds. The molecule has 7 heteroatoms. The zero-order valence-electron chi connectivity index (χ0n) is 13.7. The monoisotopic (exact) mass is 363 g/mol. The average Bonchev–Trinajstić information content (AvgIpc) is 2.63. The van der Waals surface area contributed by atoms with Crippen molar-refractivity contribution >= 4 is 6.09 Å². The first-order valence-corrected chi connectivity index (χ1v) is 7.65. The Kier molecular flexibility index (Phi) is 6.92. The van der Waals surface area contributed by atoms with Crippen LogP contribution in [0.25, 0.3) is 0 Å². The van der Waals surface area contributed by atoms with E-state index >= 15 is 0 Å². The van der Waals surface area contributed by atoms with Crippen molar-refractivity contribution < 1.29 is 27.4 Å². The van der Waals surface area contributed by atoms with Crippen LogP contribution in [0.1, 0.15) is 11.1 Å². The van der Waals surface area contributed by atoms with Crippen molar-refractivity contribution in [3.63, 3.8) is 0 Å². The van der Waals surface area contributed by atoms with Crippen LogP contribution in [0.5, 0.6) is 5.75 Å². The van der Waals surface area contributed by atoms with E-state index in [1.165, 1.54) is 24.3 Å². The third-order valence-electron chi connectivity index (χ3n) is 3.02. The number of benzene rings is 2. The van der Waals surface area contributed by atoms with Crippen LogP contribution in [0.4, 0.5) is 18.0 Å². The molecular weight excluding hydrogens is 347 g/mol. The first-order chi connectivity index (χ1) is 12.4. The summed E-state index contributed by atoms with van der Waals surface area (Å²) in [5.74, 6) is 5.61. The highest BCUT2D eigenvalue weighted by atomic mass is 19.4. The predicted octanol–water partition coefficient (Wildman–Crippen LogP) is 3.91. The smallest absolute Gasteiger partial charge is 0.422 e. The van der Waals surface area contributed by atoms with Gasteiger partial charge in [-0.2, -0.15) is 13.2 Å². The van der Waals surface area contributed by atoms with E-state index in [0.717, 1.165) is 5.56 Å². The second-order valence-corrected chi connectivity index (χ2v) is 5.15. The molecule has 0 aliphatic heterocycles. The fourth-order valence-electron chi connectivity index (χ4n) is 1.84. The van der Waals surface area contributed by atoms with E-state index in [0.29, 0.717) is 5.56 Å². The molecule has 2 aromatic rings. The largest absolute Gasteiger partial charge is 0.484 e. The Morgan fingerprint density at radius 1 is 1.04 bits per heavy atom. The average molecular weight is 363 g/mol. The fraction of sp³-hybridized carbons (Fsp3) is 0.211. The van der Waals surface area contributed by atoms with Crippen molar-refractivity contribution in [2.45, 2.75) is 12.8 Å². The predicted molar refractivity (Wildman–Crippen MR) is 89.5 cm³/mol. The molecule has 4 nitrogen and oxygen atoms in total. The molecular formula is C19H16F3NO3. The molecule has 0 saturated carbocycles. The zero-order valence-corrected chi connectivity index (χ0v) is 13.7. The van der Waals surface area contributed by atoms with Gasteiger partial charge < -0.3 is 14.8 Å². The summed E-state index contributed by atoms with van der Waals surface area (Å²) < 4.78 is 45.8. The van der Waals surface area contributed by atoms with E-state index in [4.69, 9.17) is 4.74 Å². The van der Waals surface area contributed by atoms with Gasteiger partial charge in [-0.3, -0.25) is 0 Å². The Hall–Kier alpha value is -3.14. The number of carbonyl (C=O) groups excluding carboxylic acids is 1. The Morgan fingerprint density at radius 2 is 1.73 bits per heavy atom. The summed E-state index contributed by atoms with van der Waals surface area (Å²) >= 11 is 0. The molecule has 0 fully saturated rings. The molecule has 0 unspecified atom stereocenters. The van der Waals surface area contributed by atoms with Crippen LogP contribution in [0, 0.1) is 11.8 Å². The molecule has 1 N–H and O–H groups in total. The number of hydrogen-bond acceptors (Lipinski definition) is 3. The number of ether oxygens (including phenoxy) is 2. The van der Waals surface area contributed by atoms with E-state index < -0.39 is 18.9 Å². The molecule has 2 rings (SSSR count). The Balaban J connectivity index is 1.71. The maximum Gasteiger partial charge on any atom is 0.422 e. The van der Waals surface area contributed by atoms with Gasteiger partial charge in [-0.1, -0.05) is 42.2 Å². The highest BCUT2D eigenvalue weighted by Crippen LogP contribution is 2.18. The first-order valence-electron chi connectivity index (χ1n) is 7.65. The summed E-state index contributed by atoms with van der Waals surface area (Å²) in [7, 11) is 0. The lowest BCUT2D eigenvalue weighted by Gasteiger charge is -2.08. The van der Waals surface area contributed by atoms with E-state index in [9.17, 15) is 18.0 Å². The number of hydrogen-bond donors (Lipinski definition) is 1. The zero-order chi connectivity index (χ0) is 18.8. The third kappa shape index (κ3) is 7.62. The second-order valence-electron chi connectivity index (χ2n) is 5.15. The lowest BCUT2D eigenvalue weighted by molar-refractivity contribution is -0.153. The van der Waals surface area contributed by atoms with Crippen molar-refractivity contribution in [1.29, 1.82) is 0 Å². The number of nitrogens with one attached hydrogen (secondary N) is 1. The second kappa shape index (κ2) is 9.37. The number of alkyl halides is 3. The summed E-state index contributed by atoms with van der Waals surface area (Å²) in [6.07, 6.45) is -4.96. The molecule has 0 atom stereocenters. The van der Waals surface area contributed by atoms with Crippen molar-refractivity contribution in [3.05, 3.63) is 65.7 Å². The standard InChI is InChI=1S/C19H16F3NO3/c20-19(21,22)14-26-17-10-8-15(9-11-17)7-4-12-23-18(24)25-13-16-5-2-1-3-6-16/h1-3,5-6,8-11H,12-14H2,(H,23,24). The quantitative estimate of drug-likeness (QED) is 0.820. The molecule has 2 aromatic carbocycles. The van der Waals surface area contributed by atoms with Gasteiger partial charge in [0.05, 0.1) is 6.54 Å². The molecule has 0 aliphatic rings. The van der Waals surface area contributed by atoms with E-state index in [1.807, 2.05) is 30.3 Å².